The third kappa shape index (κ3) is 3.67. The summed E-state index contributed by atoms with van der Waals surface area (Å²) >= 11 is 0. The van der Waals surface area contributed by atoms with Crippen LogP contribution in [0, 0.1) is 5.92 Å². The summed E-state index contributed by atoms with van der Waals surface area (Å²) in [7, 11) is 1.92. The van der Waals surface area contributed by atoms with Crippen molar-refractivity contribution in [3.05, 3.63) is 17.7 Å². The molecule has 1 aliphatic rings. The fourth-order valence-corrected chi connectivity index (χ4v) is 1.86. The van der Waals surface area contributed by atoms with Crippen LogP contribution in [0.3, 0.4) is 0 Å². The maximum Gasteiger partial charge on any atom is 0.160 e. The van der Waals surface area contributed by atoms with Crippen molar-refractivity contribution in [3.63, 3.8) is 0 Å². The van der Waals surface area contributed by atoms with Crippen LogP contribution in [0.1, 0.15) is 50.5 Å². The lowest BCUT2D eigenvalue weighted by atomic mass is 10.2. The number of aromatic nitrogens is 2. The van der Waals surface area contributed by atoms with Gasteiger partial charge in [0.25, 0.3) is 0 Å². The third-order valence-corrected chi connectivity index (χ3v) is 3.19. The Labute approximate surface area is 109 Å². The normalized spacial score (nSPS) is 15.1. The smallest absolute Gasteiger partial charge is 0.160 e. The van der Waals surface area contributed by atoms with E-state index >= 15 is 0 Å². The van der Waals surface area contributed by atoms with Gasteiger partial charge in [0, 0.05) is 12.5 Å². The molecule has 0 spiro atoms. The molecule has 0 radical (unpaired) electrons. The van der Waals surface area contributed by atoms with Crippen molar-refractivity contribution in [2.24, 2.45) is 5.92 Å². The molecule has 1 N–H and O–H groups in total. The molecule has 0 aromatic carbocycles. The van der Waals surface area contributed by atoms with Gasteiger partial charge < -0.3 is 10.1 Å². The zero-order chi connectivity index (χ0) is 13.0. The molecule has 0 atom stereocenters. The molecule has 1 heterocycles. The van der Waals surface area contributed by atoms with Gasteiger partial charge in [-0.2, -0.15) is 0 Å². The number of nitrogens with one attached hydrogen (secondary N) is 1. The molecule has 1 fully saturated rings. The topological polar surface area (TPSA) is 47.0 Å². The molecule has 0 aliphatic heterocycles. The third-order valence-electron chi connectivity index (χ3n) is 3.19. The number of hydrogen-bond donors (Lipinski definition) is 1. The summed E-state index contributed by atoms with van der Waals surface area (Å²) < 4.78 is 5.81. The first-order valence-electron chi connectivity index (χ1n) is 6.84. The Morgan fingerprint density at radius 1 is 1.44 bits per heavy atom. The highest BCUT2D eigenvalue weighted by atomic mass is 16.5. The molecule has 1 saturated carbocycles. The van der Waals surface area contributed by atoms with E-state index in [0.29, 0.717) is 5.92 Å². The lowest BCUT2D eigenvalue weighted by Gasteiger charge is -2.12. The van der Waals surface area contributed by atoms with Gasteiger partial charge in [-0.15, -0.1) is 0 Å². The molecular weight excluding hydrogens is 226 g/mol. The van der Waals surface area contributed by atoms with Gasteiger partial charge in [-0.3, -0.25) is 0 Å². The van der Waals surface area contributed by atoms with E-state index in [1.54, 1.807) is 0 Å². The highest BCUT2D eigenvalue weighted by Crippen LogP contribution is 2.32. The lowest BCUT2D eigenvalue weighted by molar-refractivity contribution is 0.295. The van der Waals surface area contributed by atoms with E-state index in [0.717, 1.165) is 42.8 Å². The highest BCUT2D eigenvalue weighted by molar-refractivity contribution is 5.25. The summed E-state index contributed by atoms with van der Waals surface area (Å²) in [4.78, 5) is 8.95. The lowest BCUT2D eigenvalue weighted by Crippen LogP contribution is -2.13. The van der Waals surface area contributed by atoms with Gasteiger partial charge in [0.2, 0.25) is 0 Å². The minimum atomic E-state index is 0.348. The van der Waals surface area contributed by atoms with E-state index < -0.39 is 0 Å². The predicted molar refractivity (Wildman–Crippen MR) is 71.7 cm³/mol. The largest absolute Gasteiger partial charge is 0.490 e. The van der Waals surface area contributed by atoms with Crippen LogP contribution in [0.15, 0.2) is 6.20 Å². The van der Waals surface area contributed by atoms with Gasteiger partial charge in [0.1, 0.15) is 5.82 Å². The predicted octanol–water partition coefficient (Wildman–Crippen LogP) is 2.50. The molecule has 18 heavy (non-hydrogen) atoms. The Morgan fingerprint density at radius 3 is 2.83 bits per heavy atom. The van der Waals surface area contributed by atoms with Gasteiger partial charge in [0.15, 0.2) is 5.75 Å². The van der Waals surface area contributed by atoms with Crippen LogP contribution >= 0.6 is 0 Å². The molecule has 4 heteroatoms. The van der Waals surface area contributed by atoms with Crippen molar-refractivity contribution in [2.45, 2.75) is 45.6 Å². The molecule has 1 aromatic heterocycles. The average Bonchev–Trinajstić information content (AvgIpc) is 3.15. The number of rotatable bonds is 7. The molecular formula is C14H23N3O. The quantitative estimate of drug-likeness (QED) is 0.806. The fraction of sp³-hybridized carbons (Fsp3) is 0.714. The second-order valence-corrected chi connectivity index (χ2v) is 5.30. The van der Waals surface area contributed by atoms with Gasteiger partial charge in [-0.25, -0.2) is 9.97 Å². The van der Waals surface area contributed by atoms with E-state index in [4.69, 9.17) is 4.74 Å². The number of hydrogen-bond acceptors (Lipinski definition) is 4. The Hall–Kier alpha value is -1.16. The van der Waals surface area contributed by atoms with Crippen LogP contribution in [0.25, 0.3) is 0 Å². The molecule has 0 unspecified atom stereocenters. The number of nitrogens with zero attached hydrogens (tertiary/aromatic N) is 2. The maximum atomic E-state index is 5.81. The van der Waals surface area contributed by atoms with Crippen LogP contribution in [0.5, 0.6) is 5.75 Å². The molecule has 2 rings (SSSR count). The maximum absolute atomic E-state index is 5.81. The van der Waals surface area contributed by atoms with Crippen molar-refractivity contribution in [1.29, 1.82) is 0 Å². The summed E-state index contributed by atoms with van der Waals surface area (Å²) in [5.41, 5.74) is 0.965. The minimum Gasteiger partial charge on any atom is -0.490 e. The van der Waals surface area contributed by atoms with Crippen LogP contribution in [-0.4, -0.2) is 23.6 Å². The first-order valence-corrected chi connectivity index (χ1v) is 6.84. The van der Waals surface area contributed by atoms with E-state index in [2.05, 4.69) is 29.1 Å². The Morgan fingerprint density at radius 2 is 2.22 bits per heavy atom. The van der Waals surface area contributed by atoms with Crippen molar-refractivity contribution >= 4 is 0 Å². The second kappa shape index (κ2) is 6.14. The van der Waals surface area contributed by atoms with Crippen LogP contribution in [0.4, 0.5) is 0 Å². The summed E-state index contributed by atoms with van der Waals surface area (Å²) in [6.07, 6.45) is 5.72. The first-order chi connectivity index (χ1) is 8.70. The monoisotopic (exact) mass is 249 g/mol. The molecule has 0 amide bonds. The van der Waals surface area contributed by atoms with Crippen LogP contribution < -0.4 is 10.1 Å². The Bertz CT molecular complexity index is 389. The van der Waals surface area contributed by atoms with Gasteiger partial charge in [-0.1, -0.05) is 26.7 Å². The molecule has 0 bridgehead atoms. The number of ether oxygens (including phenoxy) is 1. The highest BCUT2D eigenvalue weighted by Gasteiger charge is 2.21. The summed E-state index contributed by atoms with van der Waals surface area (Å²) in [5.74, 6) is 2.96. The summed E-state index contributed by atoms with van der Waals surface area (Å²) in [5, 5.41) is 3.13. The van der Waals surface area contributed by atoms with Gasteiger partial charge in [-0.05, 0) is 19.4 Å². The van der Waals surface area contributed by atoms with Gasteiger partial charge >= 0.3 is 0 Å². The molecule has 4 nitrogen and oxygen atoms in total. The minimum absolute atomic E-state index is 0.348. The Kier molecular flexibility index (Phi) is 4.53. The van der Waals surface area contributed by atoms with E-state index in [-0.39, 0.29) is 0 Å². The van der Waals surface area contributed by atoms with Crippen LogP contribution in [-0.2, 0) is 6.54 Å². The second-order valence-electron chi connectivity index (χ2n) is 5.30. The molecule has 1 aliphatic carbocycles. The van der Waals surface area contributed by atoms with Crippen LogP contribution in [0.2, 0.25) is 0 Å². The standard InChI is InChI=1S/C14H23N3O/c1-10(2)14-16-9-13(12(17-14)8-15-3)18-7-6-11-4-5-11/h9-11,15H,4-8H2,1-3H3. The van der Waals surface area contributed by atoms with E-state index in [1.807, 2.05) is 13.2 Å². The van der Waals surface area contributed by atoms with E-state index in [1.165, 1.54) is 12.8 Å². The van der Waals surface area contributed by atoms with Gasteiger partial charge in [0.05, 0.1) is 18.5 Å². The summed E-state index contributed by atoms with van der Waals surface area (Å²) in [6, 6.07) is 0. The van der Waals surface area contributed by atoms with Crippen molar-refractivity contribution in [1.82, 2.24) is 15.3 Å². The van der Waals surface area contributed by atoms with Crippen molar-refractivity contribution in [2.75, 3.05) is 13.7 Å². The molecule has 100 valence electrons. The fourth-order valence-electron chi connectivity index (χ4n) is 1.86. The molecule has 0 saturated heterocycles. The Balaban J connectivity index is 2.01. The zero-order valence-electron chi connectivity index (χ0n) is 11.6. The van der Waals surface area contributed by atoms with E-state index in [9.17, 15) is 0 Å². The average molecular weight is 249 g/mol. The summed E-state index contributed by atoms with van der Waals surface area (Å²) in [6.45, 7) is 5.71. The first kappa shape index (κ1) is 13.3. The SMILES string of the molecule is CNCc1nc(C(C)C)ncc1OCCC1CC1. The molecule has 1 aromatic rings. The van der Waals surface area contributed by atoms with Crippen molar-refractivity contribution < 1.29 is 4.74 Å². The van der Waals surface area contributed by atoms with Crippen molar-refractivity contribution in [3.8, 4) is 5.75 Å². The zero-order valence-corrected chi connectivity index (χ0v) is 11.6.